The van der Waals surface area contributed by atoms with Gasteiger partial charge in [-0.2, -0.15) is 0 Å². The van der Waals surface area contributed by atoms with E-state index in [-0.39, 0.29) is 5.91 Å². The first-order chi connectivity index (χ1) is 17.5. The molecule has 8 heteroatoms. The van der Waals surface area contributed by atoms with E-state index in [4.69, 9.17) is 18.9 Å². The summed E-state index contributed by atoms with van der Waals surface area (Å²) in [5.41, 5.74) is 0.677. The number of hydrogen-bond donors (Lipinski definition) is 2. The molecule has 1 amide bonds. The number of ether oxygens (including phenoxy) is 4. The molecule has 2 aliphatic heterocycles. The number of carbonyl (C=O) groups is 1. The van der Waals surface area contributed by atoms with E-state index < -0.39 is 18.2 Å². The van der Waals surface area contributed by atoms with Crippen molar-refractivity contribution in [3.05, 3.63) is 48.0 Å². The molecular formula is C28H38N2O6. The predicted octanol–water partition coefficient (Wildman–Crippen LogP) is 3.72. The van der Waals surface area contributed by atoms with Gasteiger partial charge in [-0.25, -0.2) is 0 Å². The van der Waals surface area contributed by atoms with Gasteiger partial charge in [-0.15, -0.1) is 0 Å². The van der Waals surface area contributed by atoms with Crippen LogP contribution in [-0.4, -0.2) is 67.5 Å². The van der Waals surface area contributed by atoms with Crippen LogP contribution in [0, 0.1) is 0 Å². The lowest BCUT2D eigenvalue weighted by Crippen LogP contribution is -2.50. The Bertz CT molecular complexity index is 977. The Hall–Kier alpha value is -2.97. The summed E-state index contributed by atoms with van der Waals surface area (Å²) in [6.07, 6.45) is 2.70. The van der Waals surface area contributed by atoms with Crippen LogP contribution >= 0.6 is 0 Å². The summed E-state index contributed by atoms with van der Waals surface area (Å²) in [7, 11) is 0. The van der Waals surface area contributed by atoms with E-state index in [0.29, 0.717) is 49.2 Å². The van der Waals surface area contributed by atoms with Gasteiger partial charge in [0.05, 0.1) is 12.6 Å². The van der Waals surface area contributed by atoms with Crippen LogP contribution in [0.5, 0.6) is 23.0 Å². The second kappa shape index (κ2) is 12.8. The van der Waals surface area contributed by atoms with Crippen molar-refractivity contribution in [1.82, 2.24) is 10.2 Å². The second-order valence-electron chi connectivity index (χ2n) is 9.40. The summed E-state index contributed by atoms with van der Waals surface area (Å²) in [6.45, 7) is 7.97. The van der Waals surface area contributed by atoms with Crippen molar-refractivity contribution >= 4 is 5.91 Å². The maximum atomic E-state index is 13.1. The summed E-state index contributed by atoms with van der Waals surface area (Å²) < 4.78 is 22.9. The van der Waals surface area contributed by atoms with E-state index in [1.54, 1.807) is 25.1 Å². The number of rotatable bonds is 12. The number of aliphatic hydroxyl groups is 1. The molecule has 0 radical (unpaired) electrons. The lowest BCUT2D eigenvalue weighted by atomic mass is 10.0. The van der Waals surface area contributed by atoms with Crippen LogP contribution in [0.3, 0.4) is 0 Å². The molecule has 0 spiro atoms. The smallest absolute Gasteiger partial charge is 0.261 e. The van der Waals surface area contributed by atoms with Gasteiger partial charge in [-0.1, -0.05) is 19.4 Å². The second-order valence-corrected chi connectivity index (χ2v) is 9.40. The van der Waals surface area contributed by atoms with E-state index in [9.17, 15) is 9.90 Å². The van der Waals surface area contributed by atoms with Gasteiger partial charge in [0.2, 0.25) is 0 Å². The quantitative estimate of drug-likeness (QED) is 0.431. The van der Waals surface area contributed by atoms with Gasteiger partial charge in [0.25, 0.3) is 5.91 Å². The zero-order chi connectivity index (χ0) is 25.3. The number of fused-ring (bicyclic) bond motifs is 1. The van der Waals surface area contributed by atoms with Crippen molar-refractivity contribution in [3.8, 4) is 23.0 Å². The van der Waals surface area contributed by atoms with Gasteiger partial charge in [-0.3, -0.25) is 4.79 Å². The van der Waals surface area contributed by atoms with Crippen LogP contribution in [0.25, 0.3) is 0 Å². The fourth-order valence-corrected chi connectivity index (χ4v) is 4.45. The summed E-state index contributed by atoms with van der Waals surface area (Å²) in [6, 6.07) is 12.2. The molecule has 0 aliphatic carbocycles. The minimum absolute atomic E-state index is 0.279. The number of likely N-dealkylation sites (tertiary alicyclic amines) is 1. The molecule has 8 nitrogen and oxygen atoms in total. The molecule has 1 fully saturated rings. The summed E-state index contributed by atoms with van der Waals surface area (Å²) in [4.78, 5) is 15.4. The van der Waals surface area contributed by atoms with E-state index in [1.165, 1.54) is 0 Å². The molecule has 0 aromatic heterocycles. The number of hydrogen-bond acceptors (Lipinski definition) is 7. The first-order valence-electron chi connectivity index (χ1n) is 13.0. The van der Waals surface area contributed by atoms with Gasteiger partial charge in [-0.05, 0) is 81.2 Å². The Morgan fingerprint density at radius 1 is 1.06 bits per heavy atom. The molecule has 2 aromatic rings. The molecule has 3 unspecified atom stereocenters. The summed E-state index contributed by atoms with van der Waals surface area (Å²) in [5, 5.41) is 14.3. The molecule has 2 aliphatic rings. The lowest BCUT2D eigenvalue weighted by molar-refractivity contribution is -0.129. The van der Waals surface area contributed by atoms with Crippen molar-refractivity contribution in [1.29, 1.82) is 0 Å². The average Bonchev–Trinajstić information content (AvgIpc) is 3.42. The van der Waals surface area contributed by atoms with Gasteiger partial charge < -0.3 is 34.3 Å². The first kappa shape index (κ1) is 26.1. The number of amides is 1. The highest BCUT2D eigenvalue weighted by molar-refractivity contribution is 5.81. The maximum absolute atomic E-state index is 13.1. The van der Waals surface area contributed by atoms with Crippen LogP contribution in [-0.2, 0) is 4.79 Å². The monoisotopic (exact) mass is 498 g/mol. The predicted molar refractivity (Wildman–Crippen MR) is 137 cm³/mol. The molecule has 3 atom stereocenters. The maximum Gasteiger partial charge on any atom is 0.261 e. The third kappa shape index (κ3) is 7.04. The van der Waals surface area contributed by atoms with Crippen LogP contribution in [0.2, 0.25) is 0 Å². The summed E-state index contributed by atoms with van der Waals surface area (Å²) >= 11 is 0. The molecule has 2 N–H and O–H groups in total. The highest BCUT2D eigenvalue weighted by Gasteiger charge is 2.29. The average molecular weight is 499 g/mol. The Kier molecular flexibility index (Phi) is 9.30. The largest absolute Gasteiger partial charge is 0.494 e. The van der Waals surface area contributed by atoms with Crippen molar-refractivity contribution in [2.24, 2.45) is 0 Å². The van der Waals surface area contributed by atoms with E-state index in [1.807, 2.05) is 24.3 Å². The van der Waals surface area contributed by atoms with Crippen LogP contribution in [0.4, 0.5) is 0 Å². The number of benzene rings is 2. The molecule has 36 heavy (non-hydrogen) atoms. The number of unbranched alkanes of at least 4 members (excludes halogenated alkanes) is 1. The summed E-state index contributed by atoms with van der Waals surface area (Å²) in [5.74, 6) is 2.37. The molecule has 0 saturated carbocycles. The van der Waals surface area contributed by atoms with E-state index in [2.05, 4.69) is 17.1 Å². The third-order valence-corrected chi connectivity index (χ3v) is 6.54. The van der Waals surface area contributed by atoms with Gasteiger partial charge in [0.1, 0.15) is 30.8 Å². The Morgan fingerprint density at radius 2 is 1.75 bits per heavy atom. The third-order valence-electron chi connectivity index (χ3n) is 6.54. The van der Waals surface area contributed by atoms with Gasteiger partial charge in [0.15, 0.2) is 17.6 Å². The Labute approximate surface area is 213 Å². The zero-order valence-electron chi connectivity index (χ0n) is 21.3. The molecule has 2 aromatic carbocycles. The minimum atomic E-state index is -0.905. The van der Waals surface area contributed by atoms with Crippen molar-refractivity contribution in [2.75, 3.05) is 39.5 Å². The lowest BCUT2D eigenvalue weighted by Gasteiger charge is -2.30. The number of nitrogens with zero attached hydrogens (tertiary/aromatic N) is 1. The highest BCUT2D eigenvalue weighted by Crippen LogP contribution is 2.33. The molecule has 2 heterocycles. The van der Waals surface area contributed by atoms with Gasteiger partial charge in [0, 0.05) is 6.54 Å². The molecule has 4 rings (SSSR count). The molecule has 0 bridgehead atoms. The van der Waals surface area contributed by atoms with Crippen LogP contribution in [0.1, 0.15) is 51.2 Å². The fraction of sp³-hybridized carbons (Fsp3) is 0.536. The van der Waals surface area contributed by atoms with Crippen molar-refractivity contribution < 1.29 is 28.8 Å². The van der Waals surface area contributed by atoms with Crippen LogP contribution in [0.15, 0.2) is 42.5 Å². The normalized spacial score (nSPS) is 17.8. The van der Waals surface area contributed by atoms with E-state index in [0.717, 1.165) is 44.5 Å². The van der Waals surface area contributed by atoms with Gasteiger partial charge >= 0.3 is 0 Å². The standard InChI is InChI=1S/C28H38N2O6/c1-3-4-15-33-22-8-10-23(11-9-22)36-20(2)28(32)29-24(19-30-13-5-6-14-30)27(31)21-7-12-25-26(18-21)35-17-16-34-25/h7-12,18,20,24,27,31H,3-6,13-17,19H2,1-2H3,(H,29,32). The topological polar surface area (TPSA) is 89.5 Å². The van der Waals surface area contributed by atoms with Crippen LogP contribution < -0.4 is 24.3 Å². The Morgan fingerprint density at radius 3 is 2.47 bits per heavy atom. The van der Waals surface area contributed by atoms with E-state index >= 15 is 0 Å². The molecule has 1 saturated heterocycles. The number of carbonyl (C=O) groups excluding carboxylic acids is 1. The van der Waals surface area contributed by atoms with Crippen molar-refractivity contribution in [2.45, 2.75) is 57.8 Å². The molecule has 196 valence electrons. The minimum Gasteiger partial charge on any atom is -0.494 e. The fourth-order valence-electron chi connectivity index (χ4n) is 4.45. The number of aliphatic hydroxyl groups excluding tert-OH is 1. The van der Waals surface area contributed by atoms with Crippen molar-refractivity contribution in [3.63, 3.8) is 0 Å². The Balaban J connectivity index is 1.39. The zero-order valence-corrected chi connectivity index (χ0v) is 21.3. The highest BCUT2D eigenvalue weighted by atomic mass is 16.6. The first-order valence-corrected chi connectivity index (χ1v) is 13.0. The number of nitrogens with one attached hydrogen (secondary N) is 1. The SMILES string of the molecule is CCCCOc1ccc(OC(C)C(=O)NC(CN2CCCC2)C(O)c2ccc3c(c2)OCCO3)cc1. The molecular weight excluding hydrogens is 460 g/mol.